The first-order valence-corrected chi connectivity index (χ1v) is 6.39. The fourth-order valence-electron chi connectivity index (χ4n) is 2.50. The highest BCUT2D eigenvalue weighted by atomic mass is 19.4. The molecule has 2 heterocycles. The van der Waals surface area contributed by atoms with Crippen molar-refractivity contribution in [2.24, 2.45) is 5.92 Å². The average molecular weight is 332 g/mol. The molecule has 124 valence electrons. The number of aromatic nitrogens is 1. The molecule has 0 aliphatic carbocycles. The molecule has 2 atom stereocenters. The molecule has 23 heavy (non-hydrogen) atoms. The van der Waals surface area contributed by atoms with E-state index in [0.717, 1.165) is 18.5 Å². The second-order valence-corrected chi connectivity index (χ2v) is 4.98. The normalized spacial score (nSPS) is 24.0. The third-order valence-electron chi connectivity index (χ3n) is 3.50. The molecule has 10 heteroatoms. The maximum Gasteiger partial charge on any atom is 0.432 e. The summed E-state index contributed by atoms with van der Waals surface area (Å²) >= 11 is 0. The van der Waals surface area contributed by atoms with Crippen LogP contribution in [-0.2, 0) is 15.1 Å². The van der Waals surface area contributed by atoms with Crippen molar-refractivity contribution in [2.75, 3.05) is 0 Å². The predicted octanol–water partition coefficient (Wildman–Crippen LogP) is 2.77. The van der Waals surface area contributed by atoms with Crippen molar-refractivity contribution in [3.63, 3.8) is 0 Å². The molecule has 0 spiro atoms. The Morgan fingerprint density at radius 3 is 2.83 bits per heavy atom. The number of hydrogen-bond donors (Lipinski definition) is 1. The number of alkyl halides is 3. The molecule has 1 aliphatic heterocycles. The minimum atomic E-state index is -4.99. The molecule has 2 rings (SSSR count). The lowest BCUT2D eigenvalue weighted by Crippen LogP contribution is -2.47. The number of carbonyl (C=O) groups is 1. The third kappa shape index (κ3) is 3.10. The van der Waals surface area contributed by atoms with Gasteiger partial charge in [0.25, 0.3) is 5.69 Å². The molecule has 0 bridgehead atoms. The minimum Gasteiger partial charge on any atom is -0.481 e. The van der Waals surface area contributed by atoms with E-state index < -0.39 is 52.7 Å². The summed E-state index contributed by atoms with van der Waals surface area (Å²) in [5.41, 5.74) is -4.54. The Bertz CT molecular complexity index is 661. The number of allylic oxidation sites excluding steroid dienone is 1. The Kier molecular flexibility index (Phi) is 4.26. The van der Waals surface area contributed by atoms with Gasteiger partial charge in [0.1, 0.15) is 6.20 Å². The van der Waals surface area contributed by atoms with E-state index in [2.05, 4.69) is 4.98 Å². The van der Waals surface area contributed by atoms with E-state index in [0.29, 0.717) is 6.20 Å². The molecular formula is C13H11F3N2O5. The van der Waals surface area contributed by atoms with Crippen LogP contribution in [0.3, 0.4) is 0 Å². The van der Waals surface area contributed by atoms with Crippen molar-refractivity contribution in [3.8, 4) is 0 Å². The molecule has 1 N–H and O–H groups in total. The number of carboxylic acids is 1. The Morgan fingerprint density at radius 2 is 2.26 bits per heavy atom. The number of rotatable bonds is 4. The Balaban J connectivity index is 2.57. The van der Waals surface area contributed by atoms with Crippen LogP contribution in [0.15, 0.2) is 30.8 Å². The van der Waals surface area contributed by atoms with Gasteiger partial charge in [0, 0.05) is 12.6 Å². The van der Waals surface area contributed by atoms with E-state index in [1.807, 2.05) is 0 Å². The van der Waals surface area contributed by atoms with Gasteiger partial charge >= 0.3 is 12.1 Å². The molecule has 0 saturated heterocycles. The van der Waals surface area contributed by atoms with Gasteiger partial charge in [-0.3, -0.25) is 19.9 Å². The third-order valence-corrected chi connectivity index (χ3v) is 3.50. The summed E-state index contributed by atoms with van der Waals surface area (Å²) in [5.74, 6) is -2.25. The Hall–Kier alpha value is -2.65. The number of carboxylic acid groups (broad SMARTS) is 1. The summed E-state index contributed by atoms with van der Waals surface area (Å²) < 4.78 is 45.8. The van der Waals surface area contributed by atoms with Crippen LogP contribution in [0.2, 0.25) is 0 Å². The van der Waals surface area contributed by atoms with Crippen molar-refractivity contribution in [1.29, 1.82) is 0 Å². The van der Waals surface area contributed by atoms with Gasteiger partial charge in [0.15, 0.2) is 0 Å². The first-order chi connectivity index (χ1) is 10.7. The number of hydrogen-bond acceptors (Lipinski definition) is 5. The standard InChI is InChI=1S/C13H11F3N2O5/c14-13(15,16)12(6-8(2-4-23-12)5-11(19)20)9-1-3-17-7-10(9)18(21)22/h1-4,7-8H,5-6H2,(H,19,20). The van der Waals surface area contributed by atoms with Crippen LogP contribution in [0.5, 0.6) is 0 Å². The first kappa shape index (κ1) is 16.7. The molecule has 1 aliphatic rings. The van der Waals surface area contributed by atoms with E-state index >= 15 is 0 Å². The zero-order chi connectivity index (χ0) is 17.3. The molecule has 2 unspecified atom stereocenters. The minimum absolute atomic E-state index is 0.545. The van der Waals surface area contributed by atoms with E-state index in [1.165, 1.54) is 6.08 Å². The number of ether oxygens (including phenoxy) is 1. The van der Waals surface area contributed by atoms with Gasteiger partial charge in [-0.1, -0.05) is 0 Å². The molecule has 1 aromatic heterocycles. The number of nitrogens with zero attached hydrogens (tertiary/aromatic N) is 2. The van der Waals surface area contributed by atoms with Gasteiger partial charge in [-0.25, -0.2) is 0 Å². The fraction of sp³-hybridized carbons (Fsp3) is 0.385. The van der Waals surface area contributed by atoms with Gasteiger partial charge in [-0.05, 0) is 18.1 Å². The lowest BCUT2D eigenvalue weighted by molar-refractivity contribution is -0.389. The van der Waals surface area contributed by atoms with Gasteiger partial charge in [0.05, 0.1) is 23.2 Å². The van der Waals surface area contributed by atoms with Crippen LogP contribution < -0.4 is 0 Å². The number of pyridine rings is 1. The van der Waals surface area contributed by atoms with E-state index in [4.69, 9.17) is 9.84 Å². The van der Waals surface area contributed by atoms with Crippen LogP contribution in [0.1, 0.15) is 18.4 Å². The lowest BCUT2D eigenvalue weighted by Gasteiger charge is -2.39. The van der Waals surface area contributed by atoms with Crippen LogP contribution in [0.4, 0.5) is 18.9 Å². The van der Waals surface area contributed by atoms with Crippen molar-refractivity contribution in [2.45, 2.75) is 24.6 Å². The second kappa shape index (κ2) is 5.86. The summed E-state index contributed by atoms with van der Waals surface area (Å²) in [6, 6.07) is 0.864. The highest BCUT2D eigenvalue weighted by Crippen LogP contribution is 2.51. The van der Waals surface area contributed by atoms with Gasteiger partial charge in [-0.2, -0.15) is 13.2 Å². The molecule has 1 aromatic rings. The second-order valence-electron chi connectivity index (χ2n) is 4.98. The molecule has 0 aromatic carbocycles. The van der Waals surface area contributed by atoms with Gasteiger partial charge in [-0.15, -0.1) is 0 Å². The topological polar surface area (TPSA) is 103 Å². The van der Waals surface area contributed by atoms with Crippen LogP contribution in [0, 0.1) is 16.0 Å². The van der Waals surface area contributed by atoms with Crippen molar-refractivity contribution in [3.05, 3.63) is 46.5 Å². The van der Waals surface area contributed by atoms with Gasteiger partial charge < -0.3 is 9.84 Å². The van der Waals surface area contributed by atoms with Crippen molar-refractivity contribution >= 4 is 11.7 Å². The summed E-state index contributed by atoms with van der Waals surface area (Å²) in [6.45, 7) is 0. The maximum absolute atomic E-state index is 13.7. The number of halogens is 3. The fourth-order valence-corrected chi connectivity index (χ4v) is 2.50. The summed E-state index contributed by atoms with van der Waals surface area (Å²) in [4.78, 5) is 24.3. The highest BCUT2D eigenvalue weighted by molar-refractivity contribution is 5.67. The Labute approximate surface area is 127 Å². The molecule has 0 amide bonds. The van der Waals surface area contributed by atoms with E-state index in [-0.39, 0.29) is 0 Å². The Morgan fingerprint density at radius 1 is 1.57 bits per heavy atom. The molecule has 7 nitrogen and oxygen atoms in total. The summed E-state index contributed by atoms with van der Waals surface area (Å²) in [6.07, 6.45) is -2.67. The maximum atomic E-state index is 13.7. The van der Waals surface area contributed by atoms with Crippen molar-refractivity contribution < 1.29 is 32.7 Å². The SMILES string of the molecule is O=C(O)CC1C=COC(c2ccncc2[N+](=O)[O-])(C(F)(F)F)C1. The largest absolute Gasteiger partial charge is 0.481 e. The smallest absolute Gasteiger partial charge is 0.432 e. The van der Waals surface area contributed by atoms with E-state index in [9.17, 15) is 28.1 Å². The van der Waals surface area contributed by atoms with Crippen molar-refractivity contribution in [1.82, 2.24) is 4.98 Å². The summed E-state index contributed by atoms with van der Waals surface area (Å²) in [5, 5.41) is 19.8. The first-order valence-electron chi connectivity index (χ1n) is 6.39. The zero-order valence-electron chi connectivity index (χ0n) is 11.5. The van der Waals surface area contributed by atoms with Crippen LogP contribution in [-0.4, -0.2) is 27.2 Å². The number of nitro groups is 1. The van der Waals surface area contributed by atoms with Crippen LogP contribution in [0.25, 0.3) is 0 Å². The molecular weight excluding hydrogens is 321 g/mol. The molecule has 0 saturated carbocycles. The average Bonchev–Trinajstić information content (AvgIpc) is 2.45. The predicted molar refractivity (Wildman–Crippen MR) is 69.2 cm³/mol. The molecule has 0 fully saturated rings. The summed E-state index contributed by atoms with van der Waals surface area (Å²) in [7, 11) is 0. The van der Waals surface area contributed by atoms with E-state index in [1.54, 1.807) is 0 Å². The van der Waals surface area contributed by atoms with Gasteiger partial charge in [0.2, 0.25) is 5.60 Å². The molecule has 0 radical (unpaired) electrons. The highest BCUT2D eigenvalue weighted by Gasteiger charge is 2.62. The number of aliphatic carboxylic acids is 1. The zero-order valence-corrected chi connectivity index (χ0v) is 11.5. The van der Waals surface area contributed by atoms with Crippen LogP contribution >= 0.6 is 0 Å². The lowest BCUT2D eigenvalue weighted by atomic mass is 9.80. The quantitative estimate of drug-likeness (QED) is 0.672. The monoisotopic (exact) mass is 332 g/mol.